The highest BCUT2D eigenvalue weighted by molar-refractivity contribution is 7.99. The molecule has 0 radical (unpaired) electrons. The maximum Gasteiger partial charge on any atom is 0.0992 e. The average Bonchev–Trinajstić information content (AvgIpc) is 2.46. The molecule has 0 atom stereocenters. The van der Waals surface area contributed by atoms with Crippen LogP contribution in [0, 0.1) is 22.7 Å². The van der Waals surface area contributed by atoms with E-state index in [0.717, 1.165) is 21.2 Å². The third kappa shape index (κ3) is 1.83. The molecule has 2 aromatic carbocycles. The Hall–Kier alpha value is -2.43. The van der Waals surface area contributed by atoms with E-state index in [1.807, 2.05) is 43.4 Å². The van der Waals surface area contributed by atoms with Gasteiger partial charge in [0.25, 0.3) is 0 Å². The molecular weight excluding hydrogens is 254 g/mol. The van der Waals surface area contributed by atoms with Gasteiger partial charge in [-0.3, -0.25) is 0 Å². The molecule has 0 amide bonds. The minimum Gasteiger partial charge on any atom is -0.343 e. The Morgan fingerprint density at radius 1 is 0.895 bits per heavy atom. The highest BCUT2D eigenvalue weighted by Crippen LogP contribution is 2.47. The zero-order valence-corrected chi connectivity index (χ0v) is 11.0. The van der Waals surface area contributed by atoms with Crippen LogP contribution in [0.15, 0.2) is 46.2 Å². The molecule has 0 unspecified atom stereocenters. The minimum atomic E-state index is 0.652. The molecule has 19 heavy (non-hydrogen) atoms. The Morgan fingerprint density at radius 3 is 1.79 bits per heavy atom. The monoisotopic (exact) mass is 263 g/mol. The summed E-state index contributed by atoms with van der Waals surface area (Å²) >= 11 is 1.60. The van der Waals surface area contributed by atoms with Crippen molar-refractivity contribution < 1.29 is 0 Å². The molecule has 2 aromatic rings. The van der Waals surface area contributed by atoms with Gasteiger partial charge in [0.1, 0.15) is 0 Å². The second kappa shape index (κ2) is 4.35. The van der Waals surface area contributed by atoms with Crippen LogP contribution in [0.3, 0.4) is 0 Å². The lowest BCUT2D eigenvalue weighted by molar-refractivity contribution is 1.11. The highest BCUT2D eigenvalue weighted by Gasteiger charge is 2.21. The SMILES string of the molecule is CN1c2ccc(C#N)cc2Sc2cc(C#N)ccc21. The summed E-state index contributed by atoms with van der Waals surface area (Å²) < 4.78 is 0. The van der Waals surface area contributed by atoms with Crippen LogP contribution in [0.5, 0.6) is 0 Å². The number of rotatable bonds is 0. The van der Waals surface area contributed by atoms with Crippen LogP contribution < -0.4 is 4.90 Å². The quantitative estimate of drug-likeness (QED) is 0.727. The maximum atomic E-state index is 8.97. The van der Waals surface area contributed by atoms with Crippen molar-refractivity contribution in [1.82, 2.24) is 0 Å². The molecular formula is C15H9N3S. The molecule has 4 heteroatoms. The summed E-state index contributed by atoms with van der Waals surface area (Å²) in [4.78, 5) is 4.18. The summed E-state index contributed by atoms with van der Waals surface area (Å²) in [5.74, 6) is 0. The third-order valence-corrected chi connectivity index (χ3v) is 4.21. The van der Waals surface area contributed by atoms with Crippen molar-refractivity contribution in [3.05, 3.63) is 47.5 Å². The minimum absolute atomic E-state index is 0.652. The van der Waals surface area contributed by atoms with Crippen LogP contribution in [-0.2, 0) is 0 Å². The fourth-order valence-electron chi connectivity index (χ4n) is 2.13. The Morgan fingerprint density at radius 2 is 1.37 bits per heavy atom. The van der Waals surface area contributed by atoms with Crippen molar-refractivity contribution in [2.24, 2.45) is 0 Å². The van der Waals surface area contributed by atoms with Crippen molar-refractivity contribution in [3.63, 3.8) is 0 Å². The summed E-state index contributed by atoms with van der Waals surface area (Å²) in [6.07, 6.45) is 0. The molecule has 90 valence electrons. The van der Waals surface area contributed by atoms with Gasteiger partial charge in [-0.2, -0.15) is 10.5 Å². The van der Waals surface area contributed by atoms with Gasteiger partial charge in [0.15, 0.2) is 0 Å². The van der Waals surface area contributed by atoms with Crippen molar-refractivity contribution in [1.29, 1.82) is 10.5 Å². The molecule has 3 nitrogen and oxygen atoms in total. The zero-order chi connectivity index (χ0) is 13.4. The van der Waals surface area contributed by atoms with E-state index in [9.17, 15) is 0 Å². The predicted octanol–water partition coefficient (Wildman–Crippen LogP) is 3.66. The predicted molar refractivity (Wildman–Crippen MR) is 74.5 cm³/mol. The Labute approximate surface area is 115 Å². The number of benzene rings is 2. The van der Waals surface area contributed by atoms with Gasteiger partial charge in [-0.25, -0.2) is 0 Å². The molecule has 0 fully saturated rings. The van der Waals surface area contributed by atoms with E-state index in [2.05, 4.69) is 17.0 Å². The van der Waals surface area contributed by atoms with E-state index in [4.69, 9.17) is 10.5 Å². The van der Waals surface area contributed by atoms with E-state index in [1.165, 1.54) is 0 Å². The number of hydrogen-bond donors (Lipinski definition) is 0. The number of nitriles is 2. The Bertz CT molecular complexity index is 689. The highest BCUT2D eigenvalue weighted by atomic mass is 32.2. The smallest absolute Gasteiger partial charge is 0.0992 e. The molecule has 0 spiro atoms. The molecule has 1 heterocycles. The Balaban J connectivity index is 2.15. The van der Waals surface area contributed by atoms with Gasteiger partial charge >= 0.3 is 0 Å². The number of fused-ring (bicyclic) bond motifs is 2. The lowest BCUT2D eigenvalue weighted by Gasteiger charge is -2.29. The lowest BCUT2D eigenvalue weighted by Crippen LogP contribution is -2.14. The van der Waals surface area contributed by atoms with Crippen molar-refractivity contribution >= 4 is 23.1 Å². The van der Waals surface area contributed by atoms with E-state index in [1.54, 1.807) is 11.8 Å². The van der Waals surface area contributed by atoms with Crippen LogP contribution in [0.4, 0.5) is 11.4 Å². The first kappa shape index (κ1) is 11.6. The summed E-state index contributed by atoms with van der Waals surface area (Å²) in [5, 5.41) is 17.9. The van der Waals surface area contributed by atoms with Crippen LogP contribution >= 0.6 is 11.8 Å². The summed E-state index contributed by atoms with van der Waals surface area (Å²) in [7, 11) is 2.00. The lowest BCUT2D eigenvalue weighted by atomic mass is 10.1. The van der Waals surface area contributed by atoms with Crippen LogP contribution in [0.1, 0.15) is 11.1 Å². The van der Waals surface area contributed by atoms with Gasteiger partial charge in [-0.1, -0.05) is 11.8 Å². The molecule has 0 aromatic heterocycles. The van der Waals surface area contributed by atoms with E-state index in [-0.39, 0.29) is 0 Å². The second-order valence-corrected chi connectivity index (χ2v) is 5.33. The van der Waals surface area contributed by atoms with Gasteiger partial charge in [-0.15, -0.1) is 0 Å². The van der Waals surface area contributed by atoms with Gasteiger partial charge in [0, 0.05) is 16.8 Å². The van der Waals surface area contributed by atoms with Crippen LogP contribution in [-0.4, -0.2) is 7.05 Å². The second-order valence-electron chi connectivity index (χ2n) is 4.25. The topological polar surface area (TPSA) is 50.8 Å². The molecule has 1 aliphatic heterocycles. The van der Waals surface area contributed by atoms with E-state index in [0.29, 0.717) is 11.1 Å². The molecule has 0 saturated heterocycles. The molecule has 0 aliphatic carbocycles. The number of anilines is 2. The zero-order valence-electron chi connectivity index (χ0n) is 10.2. The first-order chi connectivity index (χ1) is 9.22. The standard InChI is InChI=1S/C15H9N3S/c1-18-12-4-2-10(8-16)6-14(12)19-15-7-11(9-17)3-5-13(15)18/h2-7H,1H3. The van der Waals surface area contributed by atoms with Crippen molar-refractivity contribution in [3.8, 4) is 12.1 Å². The number of hydrogen-bond acceptors (Lipinski definition) is 4. The van der Waals surface area contributed by atoms with E-state index >= 15 is 0 Å². The molecule has 3 rings (SSSR count). The van der Waals surface area contributed by atoms with Gasteiger partial charge in [0.05, 0.1) is 34.6 Å². The van der Waals surface area contributed by atoms with Crippen LogP contribution in [0.2, 0.25) is 0 Å². The largest absolute Gasteiger partial charge is 0.343 e. The third-order valence-electron chi connectivity index (χ3n) is 3.12. The molecule has 0 saturated carbocycles. The van der Waals surface area contributed by atoms with Gasteiger partial charge in [0.2, 0.25) is 0 Å². The molecule has 0 bridgehead atoms. The number of nitrogens with zero attached hydrogens (tertiary/aromatic N) is 3. The Kier molecular flexibility index (Phi) is 2.67. The fourth-order valence-corrected chi connectivity index (χ4v) is 3.36. The first-order valence-corrected chi connectivity index (χ1v) is 6.54. The summed E-state index contributed by atoms with van der Waals surface area (Å²) in [6, 6.07) is 15.7. The summed E-state index contributed by atoms with van der Waals surface area (Å²) in [6.45, 7) is 0. The normalized spacial score (nSPS) is 12.1. The fraction of sp³-hybridized carbons (Fsp3) is 0.0667. The van der Waals surface area contributed by atoms with Crippen molar-refractivity contribution in [2.45, 2.75) is 9.79 Å². The van der Waals surface area contributed by atoms with E-state index < -0.39 is 0 Å². The van der Waals surface area contributed by atoms with Crippen molar-refractivity contribution in [2.75, 3.05) is 11.9 Å². The molecule has 0 N–H and O–H groups in total. The summed E-state index contributed by atoms with van der Waals surface area (Å²) in [5.41, 5.74) is 3.47. The van der Waals surface area contributed by atoms with Gasteiger partial charge in [-0.05, 0) is 36.4 Å². The average molecular weight is 263 g/mol. The molecule has 1 aliphatic rings. The maximum absolute atomic E-state index is 8.97. The first-order valence-electron chi connectivity index (χ1n) is 5.73. The van der Waals surface area contributed by atoms with Gasteiger partial charge < -0.3 is 4.90 Å². The van der Waals surface area contributed by atoms with Crippen LogP contribution in [0.25, 0.3) is 0 Å².